The van der Waals surface area contributed by atoms with Crippen LogP contribution in [0.1, 0.15) is 71.1 Å². The Kier molecular flexibility index (Phi) is 12.2. The highest BCUT2D eigenvalue weighted by molar-refractivity contribution is 5.48. The Morgan fingerprint density at radius 1 is 0.457 bits per heavy atom. The number of unbranched alkanes of at least 4 members (excludes halogenated alkanes) is 9. The summed E-state index contributed by atoms with van der Waals surface area (Å²) in [6, 6.07) is 25.0. The normalized spacial score (nSPS) is 11.5. The van der Waals surface area contributed by atoms with Gasteiger partial charge >= 0.3 is 0 Å². The predicted molar refractivity (Wildman–Crippen MR) is 145 cm³/mol. The van der Waals surface area contributed by atoms with Crippen LogP contribution in [0.3, 0.4) is 0 Å². The molecule has 0 radical (unpaired) electrons. The Hall–Kier alpha value is -3.34. The first-order valence-electron chi connectivity index (χ1n) is 13.0. The maximum atomic E-state index is 5.87. The molecule has 184 valence electrons. The molecule has 0 N–H and O–H groups in total. The lowest BCUT2D eigenvalue weighted by atomic mass is 10.1. The molecule has 0 aliphatic rings. The van der Waals surface area contributed by atoms with E-state index in [-0.39, 0.29) is 0 Å². The second kappa shape index (κ2) is 16.3. The first-order chi connectivity index (χ1) is 17.3. The standard InChI is InChI=1S/C30H38N4O/c1-2-3-4-5-6-7-8-9-10-14-25-35-30-23-21-29(22-24-30)34-33-28-19-17-27(18-20-28)32-31-26-15-12-11-13-16-26/h11-13,15-24H,2-10,14,25H2,1H3. The summed E-state index contributed by atoms with van der Waals surface area (Å²) in [6.07, 6.45) is 13.3. The molecular weight excluding hydrogens is 432 g/mol. The lowest BCUT2D eigenvalue weighted by Gasteiger charge is -2.06. The largest absolute Gasteiger partial charge is 0.494 e. The maximum Gasteiger partial charge on any atom is 0.119 e. The van der Waals surface area contributed by atoms with E-state index in [1.165, 1.54) is 57.8 Å². The molecule has 0 unspecified atom stereocenters. The third-order valence-corrected chi connectivity index (χ3v) is 5.77. The lowest BCUT2D eigenvalue weighted by molar-refractivity contribution is 0.304. The van der Waals surface area contributed by atoms with E-state index in [9.17, 15) is 0 Å². The summed E-state index contributed by atoms with van der Waals surface area (Å²) in [6.45, 7) is 3.04. The fraction of sp³-hybridized carbons (Fsp3) is 0.400. The minimum Gasteiger partial charge on any atom is -0.494 e. The zero-order chi connectivity index (χ0) is 24.4. The van der Waals surface area contributed by atoms with Crippen LogP contribution in [-0.4, -0.2) is 6.61 Å². The number of benzene rings is 3. The quantitative estimate of drug-likeness (QED) is 0.152. The molecule has 0 bridgehead atoms. The SMILES string of the molecule is CCCCCCCCCCCCOc1ccc(N=Nc2ccc(N=Nc3ccccc3)cc2)cc1. The molecule has 0 heterocycles. The monoisotopic (exact) mass is 470 g/mol. The molecule has 0 spiro atoms. The fourth-order valence-electron chi connectivity index (χ4n) is 3.70. The van der Waals surface area contributed by atoms with Crippen molar-refractivity contribution in [3.8, 4) is 5.75 Å². The van der Waals surface area contributed by atoms with Gasteiger partial charge in [-0.2, -0.15) is 20.5 Å². The van der Waals surface area contributed by atoms with Crippen molar-refractivity contribution in [1.82, 2.24) is 0 Å². The van der Waals surface area contributed by atoms with E-state index >= 15 is 0 Å². The summed E-state index contributed by atoms with van der Waals surface area (Å²) in [7, 11) is 0. The average Bonchev–Trinajstić information content (AvgIpc) is 2.91. The summed E-state index contributed by atoms with van der Waals surface area (Å²) in [5, 5.41) is 17.1. The van der Waals surface area contributed by atoms with Gasteiger partial charge in [-0.25, -0.2) is 0 Å². The zero-order valence-electron chi connectivity index (χ0n) is 21.0. The van der Waals surface area contributed by atoms with Gasteiger partial charge in [0.1, 0.15) is 5.75 Å². The van der Waals surface area contributed by atoms with Gasteiger partial charge in [-0.15, -0.1) is 0 Å². The number of hydrogen-bond acceptors (Lipinski definition) is 5. The Labute approximate surface area is 210 Å². The van der Waals surface area contributed by atoms with Gasteiger partial charge in [-0.05, 0) is 67.1 Å². The number of nitrogens with zero attached hydrogens (tertiary/aromatic N) is 4. The average molecular weight is 471 g/mol. The summed E-state index contributed by atoms with van der Waals surface area (Å²) in [4.78, 5) is 0. The fourth-order valence-corrected chi connectivity index (χ4v) is 3.70. The summed E-state index contributed by atoms with van der Waals surface area (Å²) in [5.74, 6) is 0.882. The molecule has 3 rings (SSSR count). The van der Waals surface area contributed by atoms with Gasteiger partial charge in [0.05, 0.1) is 29.4 Å². The van der Waals surface area contributed by atoms with Crippen molar-refractivity contribution >= 4 is 22.7 Å². The maximum absolute atomic E-state index is 5.87. The summed E-state index contributed by atoms with van der Waals surface area (Å²) in [5.41, 5.74) is 3.16. The summed E-state index contributed by atoms with van der Waals surface area (Å²) < 4.78 is 5.87. The van der Waals surface area contributed by atoms with Crippen molar-refractivity contribution in [2.45, 2.75) is 71.1 Å². The lowest BCUT2D eigenvalue weighted by Crippen LogP contribution is -1.96. The molecule has 35 heavy (non-hydrogen) atoms. The van der Waals surface area contributed by atoms with Crippen molar-refractivity contribution in [3.63, 3.8) is 0 Å². The Morgan fingerprint density at radius 3 is 1.34 bits per heavy atom. The van der Waals surface area contributed by atoms with Crippen LogP contribution < -0.4 is 4.74 Å². The first kappa shape index (κ1) is 26.3. The molecule has 0 saturated heterocycles. The first-order valence-corrected chi connectivity index (χ1v) is 13.0. The highest BCUT2D eigenvalue weighted by Crippen LogP contribution is 2.24. The van der Waals surface area contributed by atoms with Crippen molar-refractivity contribution in [1.29, 1.82) is 0 Å². The molecule has 0 aliphatic heterocycles. The number of hydrogen-bond donors (Lipinski definition) is 0. The van der Waals surface area contributed by atoms with Crippen LogP contribution >= 0.6 is 0 Å². The van der Waals surface area contributed by atoms with Crippen LogP contribution in [0, 0.1) is 0 Å². The van der Waals surface area contributed by atoms with E-state index in [0.717, 1.165) is 41.5 Å². The van der Waals surface area contributed by atoms with E-state index in [1.807, 2.05) is 78.9 Å². The smallest absolute Gasteiger partial charge is 0.119 e. The topological polar surface area (TPSA) is 58.7 Å². The van der Waals surface area contributed by atoms with Gasteiger partial charge in [0.2, 0.25) is 0 Å². The van der Waals surface area contributed by atoms with Crippen LogP contribution in [-0.2, 0) is 0 Å². The third kappa shape index (κ3) is 11.1. The molecule has 3 aromatic carbocycles. The van der Waals surface area contributed by atoms with Gasteiger partial charge in [0.15, 0.2) is 0 Å². The van der Waals surface area contributed by atoms with Gasteiger partial charge in [-0.3, -0.25) is 0 Å². The molecule has 0 saturated carbocycles. The molecule has 0 fully saturated rings. The van der Waals surface area contributed by atoms with Crippen molar-refractivity contribution in [2.24, 2.45) is 20.5 Å². The van der Waals surface area contributed by atoms with E-state index in [1.54, 1.807) is 0 Å². The van der Waals surface area contributed by atoms with E-state index in [0.29, 0.717) is 0 Å². The number of rotatable bonds is 16. The Balaban J connectivity index is 1.31. The van der Waals surface area contributed by atoms with Gasteiger partial charge in [-0.1, -0.05) is 82.9 Å². The van der Waals surface area contributed by atoms with E-state index < -0.39 is 0 Å². The molecule has 0 amide bonds. The van der Waals surface area contributed by atoms with E-state index in [2.05, 4.69) is 27.4 Å². The molecule has 0 aromatic heterocycles. The van der Waals surface area contributed by atoms with Crippen LogP contribution in [0.4, 0.5) is 22.7 Å². The van der Waals surface area contributed by atoms with Crippen LogP contribution in [0.25, 0.3) is 0 Å². The molecule has 0 atom stereocenters. The molecule has 5 nitrogen and oxygen atoms in total. The van der Waals surface area contributed by atoms with Gasteiger partial charge in [0.25, 0.3) is 0 Å². The van der Waals surface area contributed by atoms with Gasteiger partial charge in [0, 0.05) is 0 Å². The van der Waals surface area contributed by atoms with E-state index in [4.69, 9.17) is 4.74 Å². The van der Waals surface area contributed by atoms with Crippen molar-refractivity contribution in [3.05, 3.63) is 78.9 Å². The second-order valence-electron chi connectivity index (χ2n) is 8.78. The number of azo groups is 2. The molecule has 3 aromatic rings. The third-order valence-electron chi connectivity index (χ3n) is 5.77. The minimum atomic E-state index is 0.768. The van der Waals surface area contributed by atoms with Crippen molar-refractivity contribution < 1.29 is 4.74 Å². The van der Waals surface area contributed by atoms with Crippen LogP contribution in [0.5, 0.6) is 5.75 Å². The Bertz CT molecular complexity index is 999. The van der Waals surface area contributed by atoms with Gasteiger partial charge < -0.3 is 4.74 Å². The molecule has 0 aliphatic carbocycles. The molecule has 5 heteroatoms. The highest BCUT2D eigenvalue weighted by atomic mass is 16.5. The molecular formula is C30H38N4O. The number of ether oxygens (including phenoxy) is 1. The zero-order valence-corrected chi connectivity index (χ0v) is 21.0. The minimum absolute atomic E-state index is 0.768. The van der Waals surface area contributed by atoms with Crippen LogP contribution in [0.2, 0.25) is 0 Å². The Morgan fingerprint density at radius 2 is 0.857 bits per heavy atom. The highest BCUT2D eigenvalue weighted by Gasteiger charge is 1.98. The summed E-state index contributed by atoms with van der Waals surface area (Å²) >= 11 is 0. The predicted octanol–water partition coefficient (Wildman–Crippen LogP) is 10.8. The van der Waals surface area contributed by atoms with Crippen LogP contribution in [0.15, 0.2) is 99.3 Å². The van der Waals surface area contributed by atoms with Crippen molar-refractivity contribution in [2.75, 3.05) is 6.61 Å². The second-order valence-corrected chi connectivity index (χ2v) is 8.78.